The number of nitrogens with zero attached hydrogens (tertiary/aromatic N) is 1. The van der Waals surface area contributed by atoms with Gasteiger partial charge in [-0.3, -0.25) is 4.79 Å². The van der Waals surface area contributed by atoms with Crippen LogP contribution in [0.2, 0.25) is 0 Å². The molecule has 1 saturated heterocycles. The lowest BCUT2D eigenvalue weighted by Crippen LogP contribution is -2.42. The second-order valence-electron chi connectivity index (χ2n) is 6.37. The van der Waals surface area contributed by atoms with Gasteiger partial charge < -0.3 is 9.47 Å². The van der Waals surface area contributed by atoms with E-state index < -0.39 is 16.1 Å². The molecule has 0 aromatic heterocycles. The number of methoxy groups -OCH3 is 1. The number of benzene rings is 1. The summed E-state index contributed by atoms with van der Waals surface area (Å²) >= 11 is 0. The standard InChI is InChI=1S/C18H27NO5S/c1-14-6-7-15(2)16(13-14)18(20)17-5-4-8-19(17)25(21,22)12-11-24-10-9-23-3/h6-7,13,17H,4-5,8-12H2,1-3H3. The van der Waals surface area contributed by atoms with E-state index in [0.29, 0.717) is 38.2 Å². The van der Waals surface area contributed by atoms with Crippen LogP contribution in [-0.4, -0.2) is 63.8 Å². The van der Waals surface area contributed by atoms with Gasteiger partial charge in [0.2, 0.25) is 10.0 Å². The highest BCUT2D eigenvalue weighted by molar-refractivity contribution is 7.89. The molecule has 1 aromatic rings. The molecule has 2 rings (SSSR count). The molecule has 1 atom stereocenters. The van der Waals surface area contributed by atoms with E-state index in [2.05, 4.69) is 0 Å². The Hall–Kier alpha value is -1.28. The molecule has 0 amide bonds. The van der Waals surface area contributed by atoms with Crippen LogP contribution in [0.15, 0.2) is 18.2 Å². The number of carbonyl (C=O) groups excluding carboxylic acids is 1. The van der Waals surface area contributed by atoms with E-state index in [1.807, 2.05) is 32.0 Å². The first-order valence-electron chi connectivity index (χ1n) is 8.54. The van der Waals surface area contributed by atoms with Crippen LogP contribution < -0.4 is 0 Å². The molecule has 1 unspecified atom stereocenters. The quantitative estimate of drug-likeness (QED) is 0.491. The van der Waals surface area contributed by atoms with Crippen LogP contribution >= 0.6 is 0 Å². The van der Waals surface area contributed by atoms with Gasteiger partial charge in [0.15, 0.2) is 5.78 Å². The number of carbonyl (C=O) groups is 1. The van der Waals surface area contributed by atoms with Crippen molar-refractivity contribution in [2.75, 3.05) is 39.2 Å². The number of sulfonamides is 1. The van der Waals surface area contributed by atoms with Crippen molar-refractivity contribution in [2.24, 2.45) is 0 Å². The van der Waals surface area contributed by atoms with Crippen molar-refractivity contribution < 1.29 is 22.7 Å². The lowest BCUT2D eigenvalue weighted by molar-refractivity contribution is 0.0779. The number of aryl methyl sites for hydroxylation is 2. The minimum Gasteiger partial charge on any atom is -0.382 e. The Morgan fingerprint density at radius 2 is 2.00 bits per heavy atom. The van der Waals surface area contributed by atoms with Crippen molar-refractivity contribution in [3.8, 4) is 0 Å². The summed E-state index contributed by atoms with van der Waals surface area (Å²) in [5, 5.41) is 0. The summed E-state index contributed by atoms with van der Waals surface area (Å²) in [6, 6.07) is 5.09. The molecular weight excluding hydrogens is 342 g/mol. The van der Waals surface area contributed by atoms with Crippen molar-refractivity contribution in [2.45, 2.75) is 32.7 Å². The van der Waals surface area contributed by atoms with Crippen LogP contribution in [0.3, 0.4) is 0 Å². The summed E-state index contributed by atoms with van der Waals surface area (Å²) in [5.41, 5.74) is 2.49. The van der Waals surface area contributed by atoms with E-state index in [4.69, 9.17) is 9.47 Å². The molecule has 0 aliphatic carbocycles. The zero-order valence-electron chi connectivity index (χ0n) is 15.2. The summed E-state index contributed by atoms with van der Waals surface area (Å²) in [7, 11) is -1.96. The fourth-order valence-corrected chi connectivity index (χ4v) is 4.60. The van der Waals surface area contributed by atoms with Crippen LogP contribution in [0, 0.1) is 13.8 Å². The lowest BCUT2D eigenvalue weighted by Gasteiger charge is -2.23. The Kier molecular flexibility index (Phi) is 7.13. The second-order valence-corrected chi connectivity index (χ2v) is 8.41. The third-order valence-electron chi connectivity index (χ3n) is 4.44. The van der Waals surface area contributed by atoms with Gasteiger partial charge in [0.05, 0.1) is 31.6 Å². The van der Waals surface area contributed by atoms with Gasteiger partial charge in [-0.05, 0) is 38.3 Å². The van der Waals surface area contributed by atoms with Gasteiger partial charge in [0, 0.05) is 19.2 Å². The first-order valence-corrected chi connectivity index (χ1v) is 10.2. The van der Waals surface area contributed by atoms with Crippen molar-refractivity contribution in [3.63, 3.8) is 0 Å². The molecule has 1 aromatic carbocycles. The molecule has 0 N–H and O–H groups in total. The summed E-state index contributed by atoms with van der Waals surface area (Å²) in [5.74, 6) is -0.226. The van der Waals surface area contributed by atoms with E-state index >= 15 is 0 Å². The minimum atomic E-state index is -3.53. The van der Waals surface area contributed by atoms with Crippen LogP contribution in [0.5, 0.6) is 0 Å². The predicted molar refractivity (Wildman–Crippen MR) is 96.5 cm³/mol. The second kappa shape index (κ2) is 8.89. The fraction of sp³-hybridized carbons (Fsp3) is 0.611. The number of ketones is 1. The summed E-state index contributed by atoms with van der Waals surface area (Å²) in [4.78, 5) is 12.9. The molecule has 1 heterocycles. The van der Waals surface area contributed by atoms with Gasteiger partial charge in [-0.2, -0.15) is 4.31 Å². The van der Waals surface area contributed by atoms with E-state index in [-0.39, 0.29) is 18.1 Å². The van der Waals surface area contributed by atoms with Crippen LogP contribution in [-0.2, 0) is 19.5 Å². The molecule has 1 aliphatic heterocycles. The Balaban J connectivity index is 2.08. The Morgan fingerprint density at radius 3 is 2.72 bits per heavy atom. The van der Waals surface area contributed by atoms with E-state index in [0.717, 1.165) is 11.1 Å². The molecule has 0 radical (unpaired) electrons. The van der Waals surface area contributed by atoms with Crippen molar-refractivity contribution in [1.82, 2.24) is 4.31 Å². The number of hydrogen-bond acceptors (Lipinski definition) is 5. The van der Waals surface area contributed by atoms with Crippen LogP contribution in [0.4, 0.5) is 0 Å². The number of hydrogen-bond donors (Lipinski definition) is 0. The third-order valence-corrected chi connectivity index (χ3v) is 6.27. The first kappa shape index (κ1) is 20.0. The molecule has 1 fully saturated rings. The Morgan fingerprint density at radius 1 is 1.24 bits per heavy atom. The van der Waals surface area contributed by atoms with Gasteiger partial charge in [-0.25, -0.2) is 8.42 Å². The highest BCUT2D eigenvalue weighted by Gasteiger charge is 2.38. The Labute approximate surface area is 150 Å². The molecule has 140 valence electrons. The first-order chi connectivity index (χ1) is 11.9. The minimum absolute atomic E-state index is 0.104. The van der Waals surface area contributed by atoms with Gasteiger partial charge in [0.25, 0.3) is 0 Å². The van der Waals surface area contributed by atoms with E-state index in [9.17, 15) is 13.2 Å². The van der Waals surface area contributed by atoms with E-state index in [1.54, 1.807) is 7.11 Å². The summed E-state index contributed by atoms with van der Waals surface area (Å²) < 4.78 is 36.7. The summed E-state index contributed by atoms with van der Waals surface area (Å²) in [6.45, 7) is 5.09. The molecule has 6 nitrogen and oxygen atoms in total. The zero-order valence-corrected chi connectivity index (χ0v) is 16.0. The highest BCUT2D eigenvalue weighted by Crippen LogP contribution is 2.26. The van der Waals surface area contributed by atoms with Crippen molar-refractivity contribution >= 4 is 15.8 Å². The van der Waals surface area contributed by atoms with Crippen LogP contribution in [0.1, 0.15) is 34.3 Å². The lowest BCUT2D eigenvalue weighted by atomic mass is 9.97. The smallest absolute Gasteiger partial charge is 0.217 e. The molecule has 7 heteroatoms. The largest absolute Gasteiger partial charge is 0.382 e. The van der Waals surface area contributed by atoms with Gasteiger partial charge in [-0.1, -0.05) is 17.7 Å². The zero-order chi connectivity index (χ0) is 18.4. The molecule has 0 saturated carbocycles. The maximum atomic E-state index is 12.9. The topological polar surface area (TPSA) is 72.9 Å². The molecule has 25 heavy (non-hydrogen) atoms. The highest BCUT2D eigenvalue weighted by atomic mass is 32.2. The normalized spacial score (nSPS) is 18.6. The van der Waals surface area contributed by atoms with Crippen molar-refractivity contribution in [1.29, 1.82) is 0 Å². The summed E-state index contributed by atoms with van der Waals surface area (Å²) in [6.07, 6.45) is 1.26. The molecule has 1 aliphatic rings. The maximum Gasteiger partial charge on any atom is 0.217 e. The van der Waals surface area contributed by atoms with Gasteiger partial charge >= 0.3 is 0 Å². The molecule has 0 bridgehead atoms. The Bertz CT molecular complexity index is 701. The van der Waals surface area contributed by atoms with Gasteiger partial charge in [-0.15, -0.1) is 0 Å². The number of rotatable bonds is 9. The van der Waals surface area contributed by atoms with Crippen molar-refractivity contribution in [3.05, 3.63) is 34.9 Å². The van der Waals surface area contributed by atoms with Crippen LogP contribution in [0.25, 0.3) is 0 Å². The number of Topliss-reactive ketones (excluding diaryl/α,β-unsaturated/α-hetero) is 1. The molecule has 0 spiro atoms. The van der Waals surface area contributed by atoms with E-state index in [1.165, 1.54) is 4.31 Å². The fourth-order valence-electron chi connectivity index (χ4n) is 3.04. The monoisotopic (exact) mass is 369 g/mol. The SMILES string of the molecule is COCCOCCS(=O)(=O)N1CCCC1C(=O)c1cc(C)ccc1C. The average molecular weight is 369 g/mol. The average Bonchev–Trinajstić information content (AvgIpc) is 3.07. The molecular formula is C18H27NO5S. The number of ether oxygens (including phenoxy) is 2. The predicted octanol–water partition coefficient (Wildman–Crippen LogP) is 1.94. The van der Waals surface area contributed by atoms with Gasteiger partial charge in [0.1, 0.15) is 0 Å². The maximum absolute atomic E-state index is 12.9. The third kappa shape index (κ3) is 5.10.